The summed E-state index contributed by atoms with van der Waals surface area (Å²) in [5.74, 6) is 0.148. The Balaban J connectivity index is 2.50. The normalized spacial score (nSPS) is 10.7. The van der Waals surface area contributed by atoms with Crippen LogP contribution in [0.1, 0.15) is 21.5 Å². The molecule has 7 heteroatoms. The van der Waals surface area contributed by atoms with Crippen molar-refractivity contribution in [2.45, 2.75) is 6.18 Å². The van der Waals surface area contributed by atoms with Gasteiger partial charge in [0.15, 0.2) is 17.8 Å². The van der Waals surface area contributed by atoms with Crippen LogP contribution in [0, 0.1) is 11.3 Å². The average molecular weight is 321 g/mol. The molecule has 0 saturated heterocycles. The van der Waals surface area contributed by atoms with Gasteiger partial charge in [0.05, 0.1) is 23.8 Å². The van der Waals surface area contributed by atoms with Gasteiger partial charge >= 0.3 is 6.18 Å². The first-order chi connectivity index (χ1) is 10.9. The Morgan fingerprint density at radius 3 is 2.48 bits per heavy atom. The molecule has 118 valence electrons. The van der Waals surface area contributed by atoms with Crippen molar-refractivity contribution >= 4 is 6.29 Å². The smallest absolute Gasteiger partial charge is 0.416 e. The number of hydrogen-bond donors (Lipinski definition) is 0. The Morgan fingerprint density at radius 2 is 1.91 bits per heavy atom. The molecule has 0 spiro atoms. The topological polar surface area (TPSA) is 59.3 Å². The van der Waals surface area contributed by atoms with Gasteiger partial charge < -0.3 is 9.47 Å². The molecular formula is C16H10F3NO3. The predicted octanol–water partition coefficient (Wildman–Crippen LogP) is 4.19. The lowest BCUT2D eigenvalue weighted by Crippen LogP contribution is -2.06. The number of hydrogen-bond acceptors (Lipinski definition) is 4. The molecule has 4 nitrogen and oxygen atoms in total. The number of benzene rings is 2. The van der Waals surface area contributed by atoms with Gasteiger partial charge in [-0.05, 0) is 30.3 Å². The van der Waals surface area contributed by atoms with Crippen LogP contribution in [0.25, 0.3) is 0 Å². The molecule has 0 saturated carbocycles. The van der Waals surface area contributed by atoms with Gasteiger partial charge in [0.25, 0.3) is 0 Å². The van der Waals surface area contributed by atoms with Crippen LogP contribution in [0.15, 0.2) is 36.4 Å². The molecule has 2 rings (SSSR count). The van der Waals surface area contributed by atoms with Crippen LogP contribution in [0.5, 0.6) is 17.2 Å². The lowest BCUT2D eigenvalue weighted by atomic mass is 10.1. The highest BCUT2D eigenvalue weighted by Crippen LogP contribution is 2.37. The van der Waals surface area contributed by atoms with Gasteiger partial charge in [-0.15, -0.1) is 0 Å². The van der Waals surface area contributed by atoms with E-state index in [1.807, 2.05) is 6.07 Å². The van der Waals surface area contributed by atoms with Crippen LogP contribution in [-0.4, -0.2) is 13.4 Å². The zero-order valence-corrected chi connectivity index (χ0v) is 11.8. The number of ether oxygens (including phenoxy) is 2. The number of alkyl halides is 3. The van der Waals surface area contributed by atoms with E-state index in [1.54, 1.807) is 6.07 Å². The van der Waals surface area contributed by atoms with Crippen LogP contribution in [0.2, 0.25) is 0 Å². The Morgan fingerprint density at radius 1 is 1.17 bits per heavy atom. The van der Waals surface area contributed by atoms with E-state index in [1.165, 1.54) is 19.2 Å². The molecule has 0 aliphatic heterocycles. The molecule has 2 aromatic carbocycles. The van der Waals surface area contributed by atoms with Gasteiger partial charge in [0.1, 0.15) is 11.8 Å². The first-order valence-electron chi connectivity index (χ1n) is 6.32. The summed E-state index contributed by atoms with van der Waals surface area (Å²) in [7, 11) is 1.36. The van der Waals surface area contributed by atoms with Crippen LogP contribution >= 0.6 is 0 Å². The fraction of sp³-hybridized carbons (Fsp3) is 0.125. The SMILES string of the molecule is COc1cccc(C#N)c1Oc1ccc(C(F)(F)F)cc1C=O. The number of halogens is 3. The minimum Gasteiger partial charge on any atom is -0.493 e. The van der Waals surface area contributed by atoms with Gasteiger partial charge in [-0.25, -0.2) is 0 Å². The minimum atomic E-state index is -4.57. The Kier molecular flexibility index (Phi) is 4.55. The van der Waals surface area contributed by atoms with Crippen LogP contribution in [-0.2, 0) is 6.18 Å². The largest absolute Gasteiger partial charge is 0.493 e. The lowest BCUT2D eigenvalue weighted by molar-refractivity contribution is -0.137. The Bertz CT molecular complexity index is 779. The molecule has 0 N–H and O–H groups in total. The number of aldehydes is 1. The summed E-state index contributed by atoms with van der Waals surface area (Å²) in [6.07, 6.45) is -4.31. The van der Waals surface area contributed by atoms with Crippen LogP contribution in [0.4, 0.5) is 13.2 Å². The van der Waals surface area contributed by atoms with Gasteiger partial charge in [-0.2, -0.15) is 18.4 Å². The molecule has 2 aromatic rings. The number of para-hydroxylation sites is 1. The predicted molar refractivity (Wildman–Crippen MR) is 74.6 cm³/mol. The van der Waals surface area contributed by atoms with Crippen molar-refractivity contribution in [3.63, 3.8) is 0 Å². The summed E-state index contributed by atoms with van der Waals surface area (Å²) in [5, 5.41) is 9.09. The maximum absolute atomic E-state index is 12.7. The van der Waals surface area contributed by atoms with Crippen molar-refractivity contribution in [2.75, 3.05) is 7.11 Å². The van der Waals surface area contributed by atoms with E-state index in [2.05, 4.69) is 0 Å². The number of carbonyl (C=O) groups excluding carboxylic acids is 1. The molecule has 0 aliphatic carbocycles. The van der Waals surface area contributed by atoms with E-state index in [-0.39, 0.29) is 34.7 Å². The summed E-state index contributed by atoms with van der Waals surface area (Å²) in [4.78, 5) is 11.1. The summed E-state index contributed by atoms with van der Waals surface area (Å²) < 4.78 is 48.6. The minimum absolute atomic E-state index is 0.0281. The quantitative estimate of drug-likeness (QED) is 0.792. The first kappa shape index (κ1) is 16.4. The Hall–Kier alpha value is -3.01. The molecule has 23 heavy (non-hydrogen) atoms. The highest BCUT2D eigenvalue weighted by Gasteiger charge is 2.31. The number of rotatable bonds is 4. The van der Waals surface area contributed by atoms with E-state index >= 15 is 0 Å². The maximum Gasteiger partial charge on any atom is 0.416 e. The van der Waals surface area contributed by atoms with Crippen molar-refractivity contribution in [3.8, 4) is 23.3 Å². The van der Waals surface area contributed by atoms with E-state index in [9.17, 15) is 18.0 Å². The summed E-state index contributed by atoms with van der Waals surface area (Å²) in [5.41, 5.74) is -1.12. The molecule has 0 bridgehead atoms. The second-order valence-corrected chi connectivity index (χ2v) is 4.42. The molecule has 0 unspecified atom stereocenters. The third kappa shape index (κ3) is 3.43. The Labute approximate surface area is 129 Å². The summed E-state index contributed by atoms with van der Waals surface area (Å²) in [6.45, 7) is 0. The van der Waals surface area contributed by atoms with Crippen LogP contribution < -0.4 is 9.47 Å². The zero-order chi connectivity index (χ0) is 17.0. The number of carbonyl (C=O) groups is 1. The third-order valence-electron chi connectivity index (χ3n) is 3.00. The molecular weight excluding hydrogens is 311 g/mol. The number of nitrogens with zero attached hydrogens (tertiary/aromatic N) is 1. The van der Waals surface area contributed by atoms with Crippen molar-refractivity contribution in [1.82, 2.24) is 0 Å². The molecule has 0 amide bonds. The standard InChI is InChI=1S/C16H10F3NO3/c1-22-14-4-2-3-10(8-20)15(14)23-13-6-5-12(16(17,18)19)7-11(13)9-21/h2-7,9H,1H3. The van der Waals surface area contributed by atoms with Gasteiger partial charge in [-0.1, -0.05) is 6.07 Å². The molecule has 0 fully saturated rings. The fourth-order valence-electron chi connectivity index (χ4n) is 1.89. The zero-order valence-electron chi connectivity index (χ0n) is 11.8. The third-order valence-corrected chi connectivity index (χ3v) is 3.00. The number of nitriles is 1. The lowest BCUT2D eigenvalue weighted by Gasteiger charge is -2.14. The van der Waals surface area contributed by atoms with E-state index in [0.29, 0.717) is 6.07 Å². The second kappa shape index (κ2) is 6.40. The van der Waals surface area contributed by atoms with E-state index in [4.69, 9.17) is 14.7 Å². The summed E-state index contributed by atoms with van der Waals surface area (Å²) in [6, 6.07) is 8.95. The van der Waals surface area contributed by atoms with Gasteiger partial charge in [0.2, 0.25) is 0 Å². The maximum atomic E-state index is 12.7. The fourth-order valence-corrected chi connectivity index (χ4v) is 1.89. The van der Waals surface area contributed by atoms with Gasteiger partial charge in [-0.3, -0.25) is 4.79 Å². The summed E-state index contributed by atoms with van der Waals surface area (Å²) >= 11 is 0. The monoisotopic (exact) mass is 321 g/mol. The highest BCUT2D eigenvalue weighted by molar-refractivity contribution is 5.80. The second-order valence-electron chi connectivity index (χ2n) is 4.42. The van der Waals surface area contributed by atoms with Crippen molar-refractivity contribution in [3.05, 3.63) is 53.1 Å². The van der Waals surface area contributed by atoms with Gasteiger partial charge in [0, 0.05) is 0 Å². The van der Waals surface area contributed by atoms with Crippen LogP contribution in [0.3, 0.4) is 0 Å². The molecule has 0 heterocycles. The van der Waals surface area contributed by atoms with Crippen molar-refractivity contribution in [2.24, 2.45) is 0 Å². The van der Waals surface area contributed by atoms with Crippen molar-refractivity contribution in [1.29, 1.82) is 5.26 Å². The molecule has 0 atom stereocenters. The first-order valence-corrected chi connectivity index (χ1v) is 6.32. The van der Waals surface area contributed by atoms with E-state index in [0.717, 1.165) is 12.1 Å². The highest BCUT2D eigenvalue weighted by atomic mass is 19.4. The molecule has 0 aliphatic rings. The molecule has 0 radical (unpaired) electrons. The number of methoxy groups -OCH3 is 1. The molecule has 0 aromatic heterocycles. The van der Waals surface area contributed by atoms with E-state index < -0.39 is 11.7 Å². The average Bonchev–Trinajstić information content (AvgIpc) is 2.54. The van der Waals surface area contributed by atoms with Crippen molar-refractivity contribution < 1.29 is 27.4 Å².